The molecule has 2 heteroatoms. The minimum Gasteiger partial charge on any atom is -0.507 e. The average Bonchev–Trinajstić information content (AvgIpc) is 2.99. The molecule has 1 heterocycles. The zero-order valence-electron chi connectivity index (χ0n) is 11.6. The fourth-order valence-corrected chi connectivity index (χ4v) is 2.83. The minimum absolute atomic E-state index is 0.332. The van der Waals surface area contributed by atoms with Crippen molar-refractivity contribution in [1.82, 2.24) is 0 Å². The van der Waals surface area contributed by atoms with Gasteiger partial charge in [0.05, 0.1) is 0 Å². The van der Waals surface area contributed by atoms with Gasteiger partial charge >= 0.3 is 0 Å². The number of hydrogen-bond donors (Lipinski definition) is 1. The molecule has 0 fully saturated rings. The molecule has 2 nitrogen and oxygen atoms in total. The molecule has 0 aliphatic rings. The number of benzene rings is 3. The molecular formula is C19H14O2. The van der Waals surface area contributed by atoms with E-state index in [0.717, 1.165) is 38.6 Å². The monoisotopic (exact) mass is 274 g/mol. The van der Waals surface area contributed by atoms with Gasteiger partial charge in [0.15, 0.2) is 0 Å². The van der Waals surface area contributed by atoms with Crippen molar-refractivity contribution in [2.75, 3.05) is 0 Å². The second-order valence-electron chi connectivity index (χ2n) is 5.24. The lowest BCUT2D eigenvalue weighted by Crippen LogP contribution is -1.80. The largest absolute Gasteiger partial charge is 0.507 e. The van der Waals surface area contributed by atoms with Crippen molar-refractivity contribution >= 4 is 21.7 Å². The number of phenolic OH excluding ortho intramolecular Hbond substituents is 1. The fraction of sp³-hybridized carbons (Fsp3) is 0.0526. The summed E-state index contributed by atoms with van der Waals surface area (Å²) in [7, 11) is 0. The lowest BCUT2D eigenvalue weighted by molar-refractivity contribution is 0.478. The van der Waals surface area contributed by atoms with Gasteiger partial charge in [0, 0.05) is 27.3 Å². The van der Waals surface area contributed by atoms with E-state index in [-0.39, 0.29) is 0 Å². The van der Waals surface area contributed by atoms with Crippen LogP contribution in [0.5, 0.6) is 5.75 Å². The Kier molecular flexibility index (Phi) is 2.51. The summed E-state index contributed by atoms with van der Waals surface area (Å²) >= 11 is 0. The zero-order valence-corrected chi connectivity index (χ0v) is 11.6. The van der Waals surface area contributed by atoms with Crippen LogP contribution in [0.1, 0.15) is 5.56 Å². The number of phenols is 1. The Morgan fingerprint density at radius 1 is 0.810 bits per heavy atom. The molecule has 0 saturated carbocycles. The van der Waals surface area contributed by atoms with Crippen LogP contribution in [0, 0.1) is 6.92 Å². The molecule has 4 rings (SSSR count). The summed E-state index contributed by atoms with van der Waals surface area (Å²) in [6.45, 7) is 1.92. The quantitative estimate of drug-likeness (QED) is 0.513. The van der Waals surface area contributed by atoms with Crippen LogP contribution in [0.2, 0.25) is 0 Å². The Morgan fingerprint density at radius 3 is 2.24 bits per heavy atom. The number of rotatable bonds is 1. The highest BCUT2D eigenvalue weighted by Gasteiger charge is 2.15. The van der Waals surface area contributed by atoms with Crippen LogP contribution in [0.15, 0.2) is 65.1 Å². The second-order valence-corrected chi connectivity index (χ2v) is 5.24. The molecule has 0 radical (unpaired) electrons. The van der Waals surface area contributed by atoms with E-state index in [1.54, 1.807) is 0 Å². The van der Waals surface area contributed by atoms with Gasteiger partial charge in [-0.3, -0.25) is 0 Å². The smallest absolute Gasteiger partial charge is 0.143 e. The van der Waals surface area contributed by atoms with Gasteiger partial charge in [-0.05, 0) is 13.0 Å². The van der Waals surface area contributed by atoms with E-state index in [1.165, 1.54) is 0 Å². The third kappa shape index (κ3) is 1.73. The molecule has 0 aliphatic heterocycles. The predicted octanol–water partition coefficient (Wildman–Crippen LogP) is 5.27. The van der Waals surface area contributed by atoms with E-state index in [9.17, 15) is 5.11 Å². The summed E-state index contributed by atoms with van der Waals surface area (Å²) in [4.78, 5) is 0. The molecule has 0 unspecified atom stereocenters. The topological polar surface area (TPSA) is 33.4 Å². The van der Waals surface area contributed by atoms with Gasteiger partial charge in [-0.15, -0.1) is 0 Å². The molecule has 0 atom stereocenters. The van der Waals surface area contributed by atoms with Crippen molar-refractivity contribution in [3.63, 3.8) is 0 Å². The summed E-state index contributed by atoms with van der Waals surface area (Å²) in [5.74, 6) is 1.16. The summed E-state index contributed by atoms with van der Waals surface area (Å²) in [6.07, 6.45) is 0. The van der Waals surface area contributed by atoms with Gasteiger partial charge in [0.2, 0.25) is 0 Å². The molecule has 0 saturated heterocycles. The summed E-state index contributed by atoms with van der Waals surface area (Å²) in [5, 5.41) is 13.1. The van der Waals surface area contributed by atoms with Gasteiger partial charge in [-0.25, -0.2) is 0 Å². The molecule has 1 N–H and O–H groups in total. The molecule has 3 aromatic carbocycles. The van der Waals surface area contributed by atoms with Gasteiger partial charge in [0.1, 0.15) is 17.1 Å². The van der Waals surface area contributed by atoms with Crippen LogP contribution < -0.4 is 0 Å². The van der Waals surface area contributed by atoms with Gasteiger partial charge in [-0.1, -0.05) is 54.6 Å². The maximum atomic E-state index is 10.4. The number of hydrogen-bond acceptors (Lipinski definition) is 2. The number of aromatic hydroxyl groups is 1. The van der Waals surface area contributed by atoms with Crippen molar-refractivity contribution in [3.05, 3.63) is 66.2 Å². The Morgan fingerprint density at radius 2 is 1.48 bits per heavy atom. The van der Waals surface area contributed by atoms with E-state index < -0.39 is 0 Å². The van der Waals surface area contributed by atoms with E-state index in [1.807, 2.05) is 67.6 Å². The average molecular weight is 274 g/mol. The van der Waals surface area contributed by atoms with Crippen LogP contribution in [0.3, 0.4) is 0 Å². The summed E-state index contributed by atoms with van der Waals surface area (Å²) < 4.78 is 6.09. The van der Waals surface area contributed by atoms with E-state index in [2.05, 4.69) is 0 Å². The molecule has 0 bridgehead atoms. The Hall–Kier alpha value is -2.74. The highest BCUT2D eigenvalue weighted by atomic mass is 16.3. The minimum atomic E-state index is 0.332. The summed E-state index contributed by atoms with van der Waals surface area (Å²) in [5.41, 5.74) is 2.73. The van der Waals surface area contributed by atoms with Crippen LogP contribution in [0.4, 0.5) is 0 Å². The van der Waals surface area contributed by atoms with E-state index in [4.69, 9.17) is 4.42 Å². The molecule has 21 heavy (non-hydrogen) atoms. The highest BCUT2D eigenvalue weighted by Crippen LogP contribution is 2.40. The molecule has 0 amide bonds. The van der Waals surface area contributed by atoms with E-state index >= 15 is 0 Å². The predicted molar refractivity (Wildman–Crippen MR) is 85.6 cm³/mol. The van der Waals surface area contributed by atoms with Crippen molar-refractivity contribution < 1.29 is 9.52 Å². The Balaban J connectivity index is 2.12. The fourth-order valence-electron chi connectivity index (χ4n) is 2.83. The first-order valence-corrected chi connectivity index (χ1v) is 6.95. The van der Waals surface area contributed by atoms with Crippen LogP contribution in [-0.4, -0.2) is 5.11 Å². The number of aryl methyl sites for hydroxylation is 1. The maximum Gasteiger partial charge on any atom is 0.143 e. The molecule has 1 aromatic heterocycles. The number of furan rings is 1. The standard InChI is InChI=1S/C19H14O2/c1-12-16-11-17(13-7-3-2-4-8-13)21-19(16)15-10-6-5-9-14(15)18(12)20/h2-11,20H,1H3. The maximum absolute atomic E-state index is 10.4. The van der Waals surface area contributed by atoms with Gasteiger partial charge in [-0.2, -0.15) is 0 Å². The third-order valence-electron chi connectivity index (χ3n) is 3.98. The first-order valence-electron chi connectivity index (χ1n) is 6.95. The highest BCUT2D eigenvalue weighted by molar-refractivity contribution is 6.10. The van der Waals surface area contributed by atoms with Gasteiger partial charge in [0.25, 0.3) is 0 Å². The van der Waals surface area contributed by atoms with Crippen molar-refractivity contribution in [3.8, 4) is 17.1 Å². The van der Waals surface area contributed by atoms with Crippen LogP contribution in [-0.2, 0) is 0 Å². The van der Waals surface area contributed by atoms with Crippen LogP contribution in [0.25, 0.3) is 33.1 Å². The number of fused-ring (bicyclic) bond motifs is 3. The molecule has 102 valence electrons. The molecule has 0 aliphatic carbocycles. The van der Waals surface area contributed by atoms with Crippen LogP contribution >= 0.6 is 0 Å². The second kappa shape index (κ2) is 4.38. The molecular weight excluding hydrogens is 260 g/mol. The van der Waals surface area contributed by atoms with Crippen molar-refractivity contribution in [1.29, 1.82) is 0 Å². The molecule has 4 aromatic rings. The normalized spacial score (nSPS) is 11.3. The SMILES string of the molecule is Cc1c(O)c2ccccc2c2oc(-c3ccccc3)cc12. The summed E-state index contributed by atoms with van der Waals surface area (Å²) in [6, 6.07) is 19.8. The third-order valence-corrected chi connectivity index (χ3v) is 3.98. The van der Waals surface area contributed by atoms with E-state index in [0.29, 0.717) is 5.75 Å². The Labute approximate surface area is 122 Å². The van der Waals surface area contributed by atoms with Crippen molar-refractivity contribution in [2.45, 2.75) is 6.92 Å². The zero-order chi connectivity index (χ0) is 14.4. The lowest BCUT2D eigenvalue weighted by Gasteiger charge is -2.05. The van der Waals surface area contributed by atoms with Gasteiger partial charge < -0.3 is 9.52 Å². The first-order chi connectivity index (χ1) is 10.3. The lowest BCUT2D eigenvalue weighted by atomic mass is 10.0. The van der Waals surface area contributed by atoms with Crippen molar-refractivity contribution in [2.24, 2.45) is 0 Å². The Bertz CT molecular complexity index is 950. The molecule has 0 spiro atoms. The first kappa shape index (κ1) is 12.0.